The maximum absolute atomic E-state index is 4.69. The van der Waals surface area contributed by atoms with Gasteiger partial charge in [-0.05, 0) is 50.9 Å². The molecule has 1 atom stereocenters. The molecule has 1 unspecified atom stereocenters. The highest BCUT2D eigenvalue weighted by atomic mass is 79.9. The van der Waals surface area contributed by atoms with Gasteiger partial charge >= 0.3 is 0 Å². The number of nitrogens with one attached hydrogen (secondary N) is 1. The van der Waals surface area contributed by atoms with Gasteiger partial charge in [-0.2, -0.15) is 0 Å². The predicted molar refractivity (Wildman–Crippen MR) is 95.2 cm³/mol. The third-order valence-corrected chi connectivity index (χ3v) is 5.64. The summed E-state index contributed by atoms with van der Waals surface area (Å²) >= 11 is 5.46. The largest absolute Gasteiger partial charge is 0.310 e. The molecule has 0 radical (unpaired) electrons. The quantitative estimate of drug-likeness (QED) is 0.767. The Morgan fingerprint density at radius 3 is 2.62 bits per heavy atom. The average molecular weight is 367 g/mol. The number of benzene rings is 1. The molecule has 0 amide bonds. The summed E-state index contributed by atoms with van der Waals surface area (Å²) in [6, 6.07) is 6.96. The van der Waals surface area contributed by atoms with Crippen LogP contribution in [0.5, 0.6) is 0 Å². The van der Waals surface area contributed by atoms with Gasteiger partial charge in [-0.15, -0.1) is 11.3 Å². The van der Waals surface area contributed by atoms with Crippen LogP contribution in [0.1, 0.15) is 46.1 Å². The van der Waals surface area contributed by atoms with Crippen molar-refractivity contribution in [2.45, 2.75) is 46.6 Å². The lowest BCUT2D eigenvalue weighted by Crippen LogP contribution is -2.24. The summed E-state index contributed by atoms with van der Waals surface area (Å²) in [4.78, 5) is 6.01. The van der Waals surface area contributed by atoms with Crippen LogP contribution in [0.15, 0.2) is 22.7 Å². The first-order valence-electron chi connectivity index (χ1n) is 7.43. The molecule has 0 fully saturated rings. The van der Waals surface area contributed by atoms with Gasteiger partial charge in [0.1, 0.15) is 0 Å². The second-order valence-corrected chi connectivity index (χ2v) is 7.61. The number of hydrogen-bond donors (Lipinski definition) is 1. The van der Waals surface area contributed by atoms with E-state index in [2.05, 4.69) is 67.1 Å². The fourth-order valence-electron chi connectivity index (χ4n) is 2.25. The van der Waals surface area contributed by atoms with Crippen LogP contribution in [0, 0.1) is 20.8 Å². The highest BCUT2D eigenvalue weighted by Crippen LogP contribution is 2.26. The van der Waals surface area contributed by atoms with Crippen molar-refractivity contribution in [1.29, 1.82) is 0 Å². The molecule has 2 nitrogen and oxygen atoms in total. The molecule has 1 N–H and O–H groups in total. The van der Waals surface area contributed by atoms with Gasteiger partial charge in [0, 0.05) is 21.8 Å². The van der Waals surface area contributed by atoms with Crippen molar-refractivity contribution in [3.63, 3.8) is 0 Å². The van der Waals surface area contributed by atoms with Crippen LogP contribution in [-0.2, 0) is 6.42 Å². The van der Waals surface area contributed by atoms with E-state index >= 15 is 0 Å². The topological polar surface area (TPSA) is 24.9 Å². The Labute approximate surface area is 140 Å². The lowest BCUT2D eigenvalue weighted by molar-refractivity contribution is 0.528. The van der Waals surface area contributed by atoms with Crippen molar-refractivity contribution in [2.75, 3.05) is 6.54 Å². The van der Waals surface area contributed by atoms with E-state index in [0.717, 1.165) is 25.1 Å². The Bertz CT molecular complexity index is 587. The van der Waals surface area contributed by atoms with Crippen LogP contribution < -0.4 is 5.32 Å². The standard InChI is InChI=1S/C17H23BrN2S/c1-5-8-19-16(10-17-20-12(3)13(4)21-17)14-7-6-11(2)15(18)9-14/h6-7,9,16,19H,5,8,10H2,1-4H3. The van der Waals surface area contributed by atoms with Gasteiger partial charge in [0.05, 0.1) is 10.7 Å². The van der Waals surface area contributed by atoms with Crippen LogP contribution in [0.4, 0.5) is 0 Å². The number of halogens is 1. The van der Waals surface area contributed by atoms with Gasteiger partial charge in [0.2, 0.25) is 0 Å². The number of aromatic nitrogens is 1. The van der Waals surface area contributed by atoms with Gasteiger partial charge < -0.3 is 5.32 Å². The van der Waals surface area contributed by atoms with Crippen LogP contribution >= 0.6 is 27.3 Å². The second kappa shape index (κ2) is 7.52. The zero-order chi connectivity index (χ0) is 15.4. The minimum absolute atomic E-state index is 0.326. The van der Waals surface area contributed by atoms with Gasteiger partial charge in [0.25, 0.3) is 0 Å². The van der Waals surface area contributed by atoms with Crippen LogP contribution in [-0.4, -0.2) is 11.5 Å². The van der Waals surface area contributed by atoms with Crippen molar-refractivity contribution in [3.05, 3.63) is 49.4 Å². The minimum Gasteiger partial charge on any atom is -0.310 e. The van der Waals surface area contributed by atoms with Gasteiger partial charge in [-0.3, -0.25) is 0 Å². The first-order chi connectivity index (χ1) is 10.0. The van der Waals surface area contributed by atoms with Crippen molar-refractivity contribution in [3.8, 4) is 0 Å². The normalized spacial score (nSPS) is 12.6. The Hall–Kier alpha value is -0.710. The fraction of sp³-hybridized carbons (Fsp3) is 0.471. The van der Waals surface area contributed by atoms with Crippen molar-refractivity contribution in [1.82, 2.24) is 10.3 Å². The molecule has 2 aromatic rings. The van der Waals surface area contributed by atoms with E-state index in [0.29, 0.717) is 6.04 Å². The summed E-state index contributed by atoms with van der Waals surface area (Å²) in [5, 5.41) is 4.87. The fourth-order valence-corrected chi connectivity index (χ4v) is 3.63. The van der Waals surface area contributed by atoms with Crippen molar-refractivity contribution >= 4 is 27.3 Å². The maximum atomic E-state index is 4.69. The smallest absolute Gasteiger partial charge is 0.0949 e. The molecule has 2 rings (SSSR count). The maximum Gasteiger partial charge on any atom is 0.0949 e. The highest BCUT2D eigenvalue weighted by molar-refractivity contribution is 9.10. The Kier molecular flexibility index (Phi) is 5.97. The monoisotopic (exact) mass is 366 g/mol. The molecule has 1 aromatic heterocycles. The van der Waals surface area contributed by atoms with E-state index in [1.54, 1.807) is 0 Å². The molecule has 4 heteroatoms. The molecular weight excluding hydrogens is 344 g/mol. The van der Waals surface area contributed by atoms with E-state index in [4.69, 9.17) is 4.98 Å². The van der Waals surface area contributed by atoms with E-state index in [1.165, 1.54) is 25.5 Å². The Morgan fingerprint density at radius 2 is 2.05 bits per heavy atom. The molecule has 0 bridgehead atoms. The lowest BCUT2D eigenvalue weighted by atomic mass is 10.0. The second-order valence-electron chi connectivity index (χ2n) is 5.47. The number of aryl methyl sites for hydroxylation is 3. The van der Waals surface area contributed by atoms with Gasteiger partial charge in [-0.25, -0.2) is 4.98 Å². The van der Waals surface area contributed by atoms with Crippen molar-refractivity contribution < 1.29 is 0 Å². The Morgan fingerprint density at radius 1 is 1.29 bits per heavy atom. The average Bonchev–Trinajstić information content (AvgIpc) is 2.76. The first-order valence-corrected chi connectivity index (χ1v) is 9.04. The van der Waals surface area contributed by atoms with E-state index in [1.807, 2.05) is 11.3 Å². The molecule has 0 spiro atoms. The Balaban J connectivity index is 2.22. The number of hydrogen-bond acceptors (Lipinski definition) is 3. The SMILES string of the molecule is CCCNC(Cc1nc(C)c(C)s1)c1ccc(C)c(Br)c1. The van der Waals surface area contributed by atoms with Gasteiger partial charge in [-0.1, -0.05) is 35.0 Å². The summed E-state index contributed by atoms with van der Waals surface area (Å²) in [5.74, 6) is 0. The minimum atomic E-state index is 0.326. The number of thiazole rings is 1. The van der Waals surface area contributed by atoms with Crippen LogP contribution in [0.25, 0.3) is 0 Å². The molecule has 0 aliphatic rings. The highest BCUT2D eigenvalue weighted by Gasteiger charge is 2.15. The van der Waals surface area contributed by atoms with E-state index in [9.17, 15) is 0 Å². The van der Waals surface area contributed by atoms with Crippen LogP contribution in [0.3, 0.4) is 0 Å². The zero-order valence-corrected chi connectivity index (χ0v) is 15.6. The first kappa shape index (κ1) is 16.7. The van der Waals surface area contributed by atoms with Crippen LogP contribution in [0.2, 0.25) is 0 Å². The lowest BCUT2D eigenvalue weighted by Gasteiger charge is -2.19. The van der Waals surface area contributed by atoms with E-state index in [-0.39, 0.29) is 0 Å². The number of nitrogens with zero attached hydrogens (tertiary/aromatic N) is 1. The van der Waals surface area contributed by atoms with Gasteiger partial charge in [0.15, 0.2) is 0 Å². The summed E-state index contributed by atoms with van der Waals surface area (Å²) in [6.45, 7) is 9.59. The molecule has 1 aromatic carbocycles. The summed E-state index contributed by atoms with van der Waals surface area (Å²) in [6.07, 6.45) is 2.09. The van der Waals surface area contributed by atoms with E-state index < -0.39 is 0 Å². The molecule has 0 aliphatic carbocycles. The molecule has 0 saturated carbocycles. The summed E-state index contributed by atoms with van der Waals surface area (Å²) in [7, 11) is 0. The molecule has 1 heterocycles. The van der Waals surface area contributed by atoms with Crippen molar-refractivity contribution in [2.24, 2.45) is 0 Å². The number of rotatable bonds is 6. The molecule has 21 heavy (non-hydrogen) atoms. The molecule has 0 saturated heterocycles. The third kappa shape index (κ3) is 4.38. The summed E-state index contributed by atoms with van der Waals surface area (Å²) in [5.41, 5.74) is 3.76. The molecule has 114 valence electrons. The molecule has 0 aliphatic heterocycles. The third-order valence-electron chi connectivity index (χ3n) is 3.69. The zero-order valence-electron chi connectivity index (χ0n) is 13.2. The summed E-state index contributed by atoms with van der Waals surface area (Å²) < 4.78 is 1.18. The predicted octanol–water partition coefficient (Wildman–Crippen LogP) is 5.11. The molecular formula is C17H23BrN2S.